The summed E-state index contributed by atoms with van der Waals surface area (Å²) in [5, 5.41) is 10.0. The summed E-state index contributed by atoms with van der Waals surface area (Å²) in [5.74, 6) is 0.710. The Balaban J connectivity index is 2.63. The highest BCUT2D eigenvalue weighted by molar-refractivity contribution is 5.25. The molecule has 1 aromatic heterocycles. The van der Waals surface area contributed by atoms with Gasteiger partial charge in [-0.25, -0.2) is 0 Å². The third-order valence-corrected chi connectivity index (χ3v) is 2.34. The normalized spacial score (nSPS) is 13.1. The van der Waals surface area contributed by atoms with E-state index in [4.69, 9.17) is 4.74 Å². The van der Waals surface area contributed by atoms with E-state index in [2.05, 4.69) is 4.98 Å². The summed E-state index contributed by atoms with van der Waals surface area (Å²) in [4.78, 5) is 6.13. The number of hydrogen-bond acceptors (Lipinski definition) is 4. The molecule has 1 heterocycles. The summed E-state index contributed by atoms with van der Waals surface area (Å²) >= 11 is 0. The lowest BCUT2D eigenvalue weighted by Gasteiger charge is -2.16. The summed E-state index contributed by atoms with van der Waals surface area (Å²) in [6.07, 6.45) is 3.68. The topological polar surface area (TPSA) is 45.6 Å². The van der Waals surface area contributed by atoms with E-state index in [1.165, 1.54) is 0 Å². The molecular weight excluding hydrogens is 216 g/mol. The highest BCUT2D eigenvalue weighted by Gasteiger charge is 2.10. The van der Waals surface area contributed by atoms with Gasteiger partial charge in [0, 0.05) is 18.3 Å². The van der Waals surface area contributed by atoms with E-state index in [1.807, 2.05) is 38.9 Å². The van der Waals surface area contributed by atoms with Gasteiger partial charge in [0.25, 0.3) is 0 Å². The number of aliphatic hydroxyl groups is 1. The van der Waals surface area contributed by atoms with Crippen molar-refractivity contribution in [2.24, 2.45) is 0 Å². The lowest BCUT2D eigenvalue weighted by Crippen LogP contribution is -2.16. The summed E-state index contributed by atoms with van der Waals surface area (Å²) in [5.41, 5.74) is 0.810. The molecule has 1 N–H and O–H groups in total. The van der Waals surface area contributed by atoms with Crippen LogP contribution in [0.4, 0.5) is 0 Å². The molecule has 17 heavy (non-hydrogen) atoms. The van der Waals surface area contributed by atoms with Gasteiger partial charge in [0.1, 0.15) is 5.75 Å². The minimum absolute atomic E-state index is 0.117. The second-order valence-electron chi connectivity index (χ2n) is 4.73. The predicted molar refractivity (Wildman–Crippen MR) is 68.1 cm³/mol. The summed E-state index contributed by atoms with van der Waals surface area (Å²) in [6.45, 7) is 4.78. The molecule has 0 aliphatic carbocycles. The first-order valence-corrected chi connectivity index (χ1v) is 5.93. The zero-order valence-electron chi connectivity index (χ0n) is 11.1. The third-order valence-electron chi connectivity index (χ3n) is 2.34. The van der Waals surface area contributed by atoms with Crippen LogP contribution in [0.1, 0.15) is 31.9 Å². The molecule has 0 spiro atoms. The van der Waals surface area contributed by atoms with Crippen molar-refractivity contribution in [3.8, 4) is 5.75 Å². The Morgan fingerprint density at radius 1 is 1.35 bits per heavy atom. The molecule has 0 bridgehead atoms. The van der Waals surface area contributed by atoms with Crippen LogP contribution < -0.4 is 4.74 Å². The number of nitrogens with zero attached hydrogens (tertiary/aromatic N) is 2. The smallest absolute Gasteiger partial charge is 0.138 e. The van der Waals surface area contributed by atoms with Crippen LogP contribution in [0, 0.1) is 0 Å². The van der Waals surface area contributed by atoms with Crippen LogP contribution in [0.15, 0.2) is 18.5 Å². The van der Waals surface area contributed by atoms with Crippen LogP contribution in [-0.2, 0) is 0 Å². The maximum atomic E-state index is 10.0. The second-order valence-corrected chi connectivity index (χ2v) is 4.73. The second kappa shape index (κ2) is 6.57. The fourth-order valence-corrected chi connectivity index (χ4v) is 1.50. The van der Waals surface area contributed by atoms with E-state index in [0.717, 1.165) is 12.1 Å². The molecule has 0 aliphatic heterocycles. The monoisotopic (exact) mass is 238 g/mol. The predicted octanol–water partition coefficient (Wildman–Crippen LogP) is 1.85. The van der Waals surface area contributed by atoms with Gasteiger partial charge in [0.15, 0.2) is 0 Å². The van der Waals surface area contributed by atoms with Crippen LogP contribution in [0.5, 0.6) is 5.75 Å². The maximum absolute atomic E-state index is 10.0. The molecule has 0 aliphatic rings. The average molecular weight is 238 g/mol. The first-order valence-electron chi connectivity index (χ1n) is 5.93. The van der Waals surface area contributed by atoms with E-state index in [1.54, 1.807) is 12.4 Å². The highest BCUT2D eigenvalue weighted by Crippen LogP contribution is 2.20. The Labute approximate surface area is 103 Å². The van der Waals surface area contributed by atoms with E-state index >= 15 is 0 Å². The lowest BCUT2D eigenvalue weighted by atomic mass is 10.1. The SMILES string of the molecule is CC(C)Oc1cncc(C(O)CCN(C)C)c1. The Hall–Kier alpha value is -1.13. The van der Waals surface area contributed by atoms with Crippen molar-refractivity contribution < 1.29 is 9.84 Å². The van der Waals surface area contributed by atoms with Gasteiger partial charge in [-0.3, -0.25) is 4.98 Å². The molecule has 4 heteroatoms. The van der Waals surface area contributed by atoms with Gasteiger partial charge in [-0.05, 0) is 40.4 Å². The van der Waals surface area contributed by atoms with Crippen LogP contribution >= 0.6 is 0 Å². The fourth-order valence-electron chi connectivity index (χ4n) is 1.50. The third kappa shape index (κ3) is 5.15. The number of aromatic nitrogens is 1. The lowest BCUT2D eigenvalue weighted by molar-refractivity contribution is 0.153. The number of ether oxygens (including phenoxy) is 1. The van der Waals surface area contributed by atoms with Crippen molar-refractivity contribution >= 4 is 0 Å². The van der Waals surface area contributed by atoms with Crippen molar-refractivity contribution in [3.05, 3.63) is 24.0 Å². The summed E-state index contributed by atoms with van der Waals surface area (Å²) < 4.78 is 5.55. The number of hydrogen-bond donors (Lipinski definition) is 1. The maximum Gasteiger partial charge on any atom is 0.138 e. The average Bonchev–Trinajstić information content (AvgIpc) is 2.25. The Kier molecular flexibility index (Phi) is 5.38. The molecule has 0 saturated heterocycles. The number of rotatable bonds is 6. The zero-order chi connectivity index (χ0) is 12.8. The largest absolute Gasteiger partial charge is 0.489 e. The van der Waals surface area contributed by atoms with Crippen LogP contribution in [0.2, 0.25) is 0 Å². The van der Waals surface area contributed by atoms with Gasteiger partial charge in [0.2, 0.25) is 0 Å². The van der Waals surface area contributed by atoms with Gasteiger partial charge >= 0.3 is 0 Å². The standard InChI is InChI=1S/C13H22N2O2/c1-10(2)17-12-7-11(8-14-9-12)13(16)5-6-15(3)4/h7-10,13,16H,5-6H2,1-4H3. The van der Waals surface area contributed by atoms with Gasteiger partial charge < -0.3 is 14.7 Å². The van der Waals surface area contributed by atoms with Crippen molar-refractivity contribution in [3.63, 3.8) is 0 Å². The Morgan fingerprint density at radius 2 is 2.06 bits per heavy atom. The van der Waals surface area contributed by atoms with Gasteiger partial charge in [-0.2, -0.15) is 0 Å². The molecule has 0 aromatic carbocycles. The summed E-state index contributed by atoms with van der Waals surface area (Å²) in [7, 11) is 3.98. The van der Waals surface area contributed by atoms with Gasteiger partial charge in [-0.15, -0.1) is 0 Å². The molecule has 1 atom stereocenters. The van der Waals surface area contributed by atoms with E-state index < -0.39 is 6.10 Å². The van der Waals surface area contributed by atoms with Crippen molar-refractivity contribution in [2.75, 3.05) is 20.6 Å². The zero-order valence-corrected chi connectivity index (χ0v) is 11.1. The quantitative estimate of drug-likeness (QED) is 0.821. The van der Waals surface area contributed by atoms with Crippen molar-refractivity contribution in [1.29, 1.82) is 0 Å². The molecule has 1 rings (SSSR count). The molecule has 0 radical (unpaired) electrons. The molecule has 4 nitrogen and oxygen atoms in total. The van der Waals surface area contributed by atoms with Crippen LogP contribution in [0.3, 0.4) is 0 Å². The Bertz CT molecular complexity index is 340. The van der Waals surface area contributed by atoms with Crippen LogP contribution in [0.25, 0.3) is 0 Å². The Morgan fingerprint density at radius 3 is 2.65 bits per heavy atom. The van der Waals surface area contributed by atoms with Crippen LogP contribution in [-0.4, -0.2) is 41.7 Å². The number of pyridine rings is 1. The fraction of sp³-hybridized carbons (Fsp3) is 0.615. The molecule has 0 fully saturated rings. The molecule has 0 saturated carbocycles. The van der Waals surface area contributed by atoms with E-state index in [0.29, 0.717) is 12.2 Å². The van der Waals surface area contributed by atoms with Crippen molar-refractivity contribution in [2.45, 2.75) is 32.5 Å². The number of aliphatic hydroxyl groups excluding tert-OH is 1. The van der Waals surface area contributed by atoms with Gasteiger partial charge in [0.05, 0.1) is 18.4 Å². The minimum Gasteiger partial charge on any atom is -0.489 e. The molecule has 1 unspecified atom stereocenters. The first kappa shape index (κ1) is 13.9. The van der Waals surface area contributed by atoms with E-state index in [9.17, 15) is 5.11 Å². The molecule has 96 valence electrons. The summed E-state index contributed by atoms with van der Waals surface area (Å²) in [6, 6.07) is 1.85. The highest BCUT2D eigenvalue weighted by atomic mass is 16.5. The molecule has 0 amide bonds. The van der Waals surface area contributed by atoms with Gasteiger partial charge in [-0.1, -0.05) is 0 Å². The van der Waals surface area contributed by atoms with E-state index in [-0.39, 0.29) is 6.10 Å². The van der Waals surface area contributed by atoms with Crippen molar-refractivity contribution in [1.82, 2.24) is 9.88 Å². The minimum atomic E-state index is -0.486. The molecule has 1 aromatic rings. The molecular formula is C13H22N2O2. The first-order chi connectivity index (χ1) is 7.99.